The van der Waals surface area contributed by atoms with Crippen LogP contribution in [0.25, 0.3) is 21.8 Å². The summed E-state index contributed by atoms with van der Waals surface area (Å²) in [6.07, 6.45) is 5.01. The van der Waals surface area contributed by atoms with Crippen molar-refractivity contribution in [1.82, 2.24) is 19.8 Å². The summed E-state index contributed by atoms with van der Waals surface area (Å²) in [5.74, 6) is 0. The van der Waals surface area contributed by atoms with Gasteiger partial charge in [0.1, 0.15) is 0 Å². The number of aromatic nitrogens is 2. The summed E-state index contributed by atoms with van der Waals surface area (Å²) >= 11 is 12.3. The van der Waals surface area contributed by atoms with Crippen molar-refractivity contribution in [2.75, 3.05) is 75.2 Å². The predicted molar refractivity (Wildman–Crippen MR) is 184 cm³/mol. The van der Waals surface area contributed by atoms with Crippen LogP contribution in [0.3, 0.4) is 0 Å². The van der Waals surface area contributed by atoms with E-state index < -0.39 is 15.6 Å². The predicted octanol–water partition coefficient (Wildman–Crippen LogP) is 3.57. The molecular formula is C29H38Cl2N6O8P2. The average Bonchev–Trinajstić information content (AvgIpc) is 2.99. The molecule has 47 heavy (non-hydrogen) atoms. The van der Waals surface area contributed by atoms with Crippen molar-refractivity contribution in [3.05, 3.63) is 71.0 Å². The molecule has 0 atom stereocenters. The van der Waals surface area contributed by atoms with Crippen LogP contribution in [0.4, 0.5) is 11.4 Å². The van der Waals surface area contributed by atoms with Gasteiger partial charge in [-0.15, -0.1) is 0 Å². The molecule has 2 aliphatic rings. The van der Waals surface area contributed by atoms with Crippen LogP contribution in [0.5, 0.6) is 0 Å². The van der Waals surface area contributed by atoms with Gasteiger partial charge in [0.2, 0.25) is 0 Å². The number of benzene rings is 2. The number of halogens is 2. The Kier molecular flexibility index (Phi) is 13.4. The maximum absolute atomic E-state index is 8.88. The molecule has 6 N–H and O–H groups in total. The van der Waals surface area contributed by atoms with E-state index in [1.165, 1.54) is 28.6 Å². The molecule has 0 aliphatic carbocycles. The largest absolute Gasteiger partial charge is 0.466 e. The molecule has 14 nitrogen and oxygen atoms in total. The van der Waals surface area contributed by atoms with Crippen LogP contribution < -0.4 is 9.80 Å². The van der Waals surface area contributed by atoms with E-state index in [2.05, 4.69) is 53.8 Å². The first-order valence-electron chi connectivity index (χ1n) is 14.7. The number of anilines is 2. The highest BCUT2D eigenvalue weighted by Gasteiger charge is 2.21. The number of nitrogens with zero attached hydrogens (tertiary/aromatic N) is 6. The SMILES string of the molecule is Clc1ccc2c(N3CCN(CCCN4CCN(c5ccnc6cc(Cl)ccc56)CC4)CC3)ccnc2c1.O=P(O)(O)O.O=P(O)(O)O. The van der Waals surface area contributed by atoms with Gasteiger partial charge in [0.15, 0.2) is 0 Å². The van der Waals surface area contributed by atoms with E-state index in [0.29, 0.717) is 0 Å². The molecule has 0 bridgehead atoms. The summed E-state index contributed by atoms with van der Waals surface area (Å²) in [6, 6.07) is 16.3. The number of rotatable bonds is 6. The molecule has 6 rings (SSSR count). The fourth-order valence-electron chi connectivity index (χ4n) is 5.71. The maximum atomic E-state index is 8.88. The van der Waals surface area contributed by atoms with Crippen LogP contribution in [-0.2, 0) is 9.13 Å². The molecule has 0 saturated carbocycles. The third-order valence-corrected chi connectivity index (χ3v) is 8.21. The van der Waals surface area contributed by atoms with Gasteiger partial charge in [-0.2, -0.15) is 0 Å². The zero-order valence-electron chi connectivity index (χ0n) is 25.4. The van der Waals surface area contributed by atoms with Gasteiger partial charge in [-0.3, -0.25) is 19.8 Å². The number of hydrogen-bond acceptors (Lipinski definition) is 8. The number of pyridine rings is 2. The molecule has 0 unspecified atom stereocenters. The number of hydrogen-bond donors (Lipinski definition) is 6. The van der Waals surface area contributed by atoms with E-state index >= 15 is 0 Å². The van der Waals surface area contributed by atoms with Gasteiger partial charge < -0.3 is 39.2 Å². The van der Waals surface area contributed by atoms with Crippen molar-refractivity contribution >= 4 is 72.0 Å². The lowest BCUT2D eigenvalue weighted by molar-refractivity contribution is 0.213. The molecule has 2 aliphatic heterocycles. The van der Waals surface area contributed by atoms with Crippen molar-refractivity contribution in [1.29, 1.82) is 0 Å². The molecule has 4 heterocycles. The molecule has 0 spiro atoms. The fraction of sp³-hybridized carbons (Fsp3) is 0.379. The fourth-order valence-corrected chi connectivity index (χ4v) is 6.04. The van der Waals surface area contributed by atoms with E-state index in [9.17, 15) is 0 Å². The van der Waals surface area contributed by atoms with E-state index in [-0.39, 0.29) is 0 Å². The van der Waals surface area contributed by atoms with Crippen LogP contribution in [0, 0.1) is 0 Å². The zero-order valence-corrected chi connectivity index (χ0v) is 28.7. The van der Waals surface area contributed by atoms with Crippen molar-refractivity contribution < 1.29 is 38.5 Å². The molecule has 2 aromatic heterocycles. The lowest BCUT2D eigenvalue weighted by atomic mass is 10.1. The second-order valence-corrected chi connectivity index (χ2v) is 13.9. The average molecular weight is 732 g/mol. The minimum atomic E-state index is -4.64. The van der Waals surface area contributed by atoms with Gasteiger partial charge in [-0.1, -0.05) is 23.2 Å². The van der Waals surface area contributed by atoms with Crippen LogP contribution in [0.1, 0.15) is 6.42 Å². The molecule has 256 valence electrons. The van der Waals surface area contributed by atoms with Crippen LogP contribution in [-0.4, -0.2) is 115 Å². The first-order valence-corrected chi connectivity index (χ1v) is 18.6. The number of phosphoric acid groups is 2. The van der Waals surface area contributed by atoms with Crippen LogP contribution >= 0.6 is 38.8 Å². The zero-order chi connectivity index (χ0) is 34.2. The molecule has 2 aromatic carbocycles. The summed E-state index contributed by atoms with van der Waals surface area (Å²) in [7, 11) is -9.28. The smallest absolute Gasteiger partial charge is 0.368 e. The standard InChI is InChI=1S/C29H32Cl2N6.2H3O4P/c30-22-2-4-24-26(20-22)32-8-6-28(24)36-16-12-34(13-17-36)10-1-11-35-14-18-37(19-15-35)29-7-9-33-27-21-23(31)3-5-25(27)29;2*1-5(2,3)4/h2-9,20-21H,1,10-19H2;2*(H3,1,2,3,4). The first kappa shape index (κ1) is 37.4. The highest BCUT2D eigenvalue weighted by Crippen LogP contribution is 2.30. The molecule has 2 fully saturated rings. The van der Waals surface area contributed by atoms with Crippen molar-refractivity contribution in [2.24, 2.45) is 0 Å². The Hall–Kier alpha value is -2.42. The Labute approximate surface area is 282 Å². The van der Waals surface area contributed by atoms with Gasteiger partial charge in [0, 0.05) is 96.9 Å². The summed E-state index contributed by atoms with van der Waals surface area (Å²) < 4.78 is 17.8. The number of fused-ring (bicyclic) bond motifs is 2. The Morgan fingerprint density at radius 2 is 0.915 bits per heavy atom. The van der Waals surface area contributed by atoms with E-state index in [0.717, 1.165) is 86.5 Å². The first-order chi connectivity index (χ1) is 22.1. The third kappa shape index (κ3) is 12.5. The van der Waals surface area contributed by atoms with Gasteiger partial charge in [0.05, 0.1) is 11.0 Å². The van der Waals surface area contributed by atoms with Gasteiger partial charge in [-0.05, 0) is 68.0 Å². The molecule has 18 heteroatoms. The second kappa shape index (κ2) is 16.8. The lowest BCUT2D eigenvalue weighted by Gasteiger charge is -2.38. The van der Waals surface area contributed by atoms with Gasteiger partial charge in [0.25, 0.3) is 0 Å². The topological polar surface area (TPSA) is 194 Å². The molecule has 0 amide bonds. The highest BCUT2D eigenvalue weighted by atomic mass is 35.5. The highest BCUT2D eigenvalue weighted by molar-refractivity contribution is 7.45. The van der Waals surface area contributed by atoms with E-state index in [4.69, 9.17) is 61.7 Å². The monoisotopic (exact) mass is 730 g/mol. The minimum absolute atomic E-state index is 0.736. The molecule has 4 aromatic rings. The van der Waals surface area contributed by atoms with E-state index in [1.54, 1.807) is 0 Å². The normalized spacial score (nSPS) is 16.4. The van der Waals surface area contributed by atoms with Crippen LogP contribution in [0.2, 0.25) is 10.0 Å². The Balaban J connectivity index is 0.000000439. The van der Waals surface area contributed by atoms with Crippen molar-refractivity contribution in [3.8, 4) is 0 Å². The van der Waals surface area contributed by atoms with Crippen molar-refractivity contribution in [3.63, 3.8) is 0 Å². The maximum Gasteiger partial charge on any atom is 0.466 e. The Morgan fingerprint density at radius 1 is 0.574 bits per heavy atom. The summed E-state index contributed by atoms with van der Waals surface area (Å²) in [6.45, 7) is 10.9. The van der Waals surface area contributed by atoms with Crippen molar-refractivity contribution in [2.45, 2.75) is 6.42 Å². The summed E-state index contributed by atoms with van der Waals surface area (Å²) in [4.78, 5) is 62.3. The minimum Gasteiger partial charge on any atom is -0.368 e. The van der Waals surface area contributed by atoms with Gasteiger partial charge in [-0.25, -0.2) is 9.13 Å². The molecule has 0 radical (unpaired) electrons. The Bertz CT molecular complexity index is 1590. The molecular weight excluding hydrogens is 693 g/mol. The quantitative estimate of drug-likeness (QED) is 0.158. The summed E-state index contributed by atoms with van der Waals surface area (Å²) in [5, 5.41) is 3.84. The number of piperazine rings is 2. The van der Waals surface area contributed by atoms with Gasteiger partial charge >= 0.3 is 15.6 Å². The lowest BCUT2D eigenvalue weighted by Crippen LogP contribution is -2.48. The Morgan fingerprint density at radius 3 is 1.26 bits per heavy atom. The second-order valence-electron chi connectivity index (χ2n) is 11.0. The third-order valence-electron chi connectivity index (χ3n) is 7.74. The van der Waals surface area contributed by atoms with Crippen LogP contribution in [0.15, 0.2) is 60.9 Å². The summed E-state index contributed by atoms with van der Waals surface area (Å²) in [5.41, 5.74) is 4.47. The van der Waals surface area contributed by atoms with E-state index in [1.807, 2.05) is 36.7 Å². The molecule has 2 saturated heterocycles.